The third kappa shape index (κ3) is 2.88. The molecule has 24 heavy (non-hydrogen) atoms. The summed E-state index contributed by atoms with van der Waals surface area (Å²) in [6, 6.07) is 6.12. The van der Waals surface area contributed by atoms with Gasteiger partial charge in [0, 0.05) is 29.7 Å². The molecule has 1 N–H and O–H groups in total. The van der Waals surface area contributed by atoms with Crippen LogP contribution in [0.1, 0.15) is 47.8 Å². The maximum absolute atomic E-state index is 12.9. The van der Waals surface area contributed by atoms with Crippen LogP contribution in [-0.4, -0.2) is 22.3 Å². The van der Waals surface area contributed by atoms with E-state index in [0.29, 0.717) is 0 Å². The number of aryl methyl sites for hydroxylation is 2. The Hall–Kier alpha value is -2.36. The summed E-state index contributed by atoms with van der Waals surface area (Å²) in [7, 11) is 1.98. The molecule has 0 radical (unpaired) electrons. The summed E-state index contributed by atoms with van der Waals surface area (Å²) in [5.74, 6) is 0.0423. The van der Waals surface area contributed by atoms with Gasteiger partial charge in [-0.05, 0) is 57.7 Å². The van der Waals surface area contributed by atoms with Crippen LogP contribution in [0.3, 0.4) is 0 Å². The van der Waals surface area contributed by atoms with E-state index in [-0.39, 0.29) is 17.7 Å². The molecule has 0 saturated carbocycles. The van der Waals surface area contributed by atoms with E-state index in [0.717, 1.165) is 52.6 Å². The van der Waals surface area contributed by atoms with E-state index in [1.165, 1.54) is 0 Å². The molecule has 0 bridgehead atoms. The van der Waals surface area contributed by atoms with Crippen LogP contribution in [0.4, 0.5) is 0 Å². The Labute approximate surface area is 142 Å². The topological polar surface area (TPSA) is 51.1 Å². The molecule has 0 fully saturated rings. The number of fused-ring (bicyclic) bond motifs is 1. The number of allylic oxidation sites excluding steroid dienone is 1. The molecule has 1 aliphatic rings. The van der Waals surface area contributed by atoms with Crippen molar-refractivity contribution in [3.05, 3.63) is 46.7 Å². The van der Waals surface area contributed by atoms with Gasteiger partial charge in [0.2, 0.25) is 0 Å². The van der Waals surface area contributed by atoms with Crippen LogP contribution in [0.25, 0.3) is 10.9 Å². The summed E-state index contributed by atoms with van der Waals surface area (Å²) >= 11 is 0. The molecule has 3 rings (SSSR count). The lowest BCUT2D eigenvalue weighted by Crippen LogP contribution is -2.35. The number of hydrogen-bond donors (Lipinski definition) is 1. The van der Waals surface area contributed by atoms with Crippen molar-refractivity contribution in [2.75, 3.05) is 0 Å². The van der Waals surface area contributed by atoms with E-state index in [4.69, 9.17) is 0 Å². The maximum atomic E-state index is 12.9. The van der Waals surface area contributed by atoms with Crippen LogP contribution in [0.5, 0.6) is 0 Å². The van der Waals surface area contributed by atoms with Crippen LogP contribution in [0.2, 0.25) is 0 Å². The zero-order valence-electron chi connectivity index (χ0n) is 14.8. The van der Waals surface area contributed by atoms with E-state index >= 15 is 0 Å². The molecule has 1 unspecified atom stereocenters. The number of Topliss-reactive ketones (excluding diaryl/α,β-unsaturated/α-hetero) is 1. The van der Waals surface area contributed by atoms with Crippen molar-refractivity contribution in [2.24, 2.45) is 7.05 Å². The highest BCUT2D eigenvalue weighted by Gasteiger charge is 2.22. The number of benzene rings is 1. The third-order valence-corrected chi connectivity index (χ3v) is 5.01. The van der Waals surface area contributed by atoms with Crippen LogP contribution >= 0.6 is 0 Å². The van der Waals surface area contributed by atoms with Crippen molar-refractivity contribution in [1.29, 1.82) is 0 Å². The van der Waals surface area contributed by atoms with Gasteiger partial charge in [0.1, 0.15) is 0 Å². The van der Waals surface area contributed by atoms with Gasteiger partial charge >= 0.3 is 0 Å². The highest BCUT2D eigenvalue weighted by molar-refractivity contribution is 6.08. The van der Waals surface area contributed by atoms with Gasteiger partial charge in [0.15, 0.2) is 5.78 Å². The molecule has 0 spiro atoms. The summed E-state index contributed by atoms with van der Waals surface area (Å²) in [4.78, 5) is 24.5. The first-order chi connectivity index (χ1) is 11.4. The van der Waals surface area contributed by atoms with E-state index in [1.54, 1.807) is 6.92 Å². The summed E-state index contributed by atoms with van der Waals surface area (Å²) in [5.41, 5.74) is 4.72. The molecule has 2 aromatic rings. The van der Waals surface area contributed by atoms with Crippen LogP contribution in [-0.2, 0) is 11.8 Å². The minimum absolute atomic E-state index is 0.0604. The lowest BCUT2D eigenvalue weighted by atomic mass is 9.93. The lowest BCUT2D eigenvalue weighted by Gasteiger charge is -2.21. The molecular formula is C20H24N2O2. The van der Waals surface area contributed by atoms with E-state index in [9.17, 15) is 9.59 Å². The number of hydrogen-bond acceptors (Lipinski definition) is 2. The molecule has 1 amide bonds. The molecule has 0 aliphatic heterocycles. The van der Waals surface area contributed by atoms with Gasteiger partial charge in [-0.25, -0.2) is 0 Å². The van der Waals surface area contributed by atoms with Crippen LogP contribution in [0, 0.1) is 13.8 Å². The zero-order chi connectivity index (χ0) is 17.4. The second-order valence-corrected chi connectivity index (χ2v) is 6.76. The van der Waals surface area contributed by atoms with Gasteiger partial charge in [0.05, 0.1) is 5.56 Å². The Bertz CT molecular complexity index is 858. The number of nitrogens with one attached hydrogen (secondary N) is 1. The predicted molar refractivity (Wildman–Crippen MR) is 96.3 cm³/mol. The fraction of sp³-hybridized carbons (Fsp3) is 0.400. The predicted octanol–water partition coefficient (Wildman–Crippen LogP) is 3.59. The maximum Gasteiger partial charge on any atom is 0.254 e. The molecule has 1 aliphatic carbocycles. The highest BCUT2D eigenvalue weighted by atomic mass is 16.1. The Kier molecular flexibility index (Phi) is 4.31. The molecule has 4 nitrogen and oxygen atoms in total. The molecule has 1 atom stereocenters. The van der Waals surface area contributed by atoms with E-state index < -0.39 is 0 Å². The molecule has 1 heterocycles. The van der Waals surface area contributed by atoms with Gasteiger partial charge in [-0.1, -0.05) is 17.7 Å². The molecule has 0 saturated heterocycles. The van der Waals surface area contributed by atoms with E-state index in [1.807, 2.05) is 27.0 Å². The average molecular weight is 324 g/mol. The SMILES string of the molecule is CC(=O)C1=CC(NC(=O)c2c(C)n(C)c3ccc(C)cc23)CCC1. The summed E-state index contributed by atoms with van der Waals surface area (Å²) in [6.45, 7) is 5.60. The lowest BCUT2D eigenvalue weighted by molar-refractivity contribution is -0.113. The van der Waals surface area contributed by atoms with Crippen LogP contribution in [0.15, 0.2) is 29.8 Å². The molecule has 126 valence electrons. The third-order valence-electron chi connectivity index (χ3n) is 5.01. The highest BCUT2D eigenvalue weighted by Crippen LogP contribution is 2.27. The normalized spacial score (nSPS) is 17.7. The number of nitrogens with zero attached hydrogens (tertiary/aromatic N) is 1. The van der Waals surface area contributed by atoms with Crippen molar-refractivity contribution >= 4 is 22.6 Å². The zero-order valence-corrected chi connectivity index (χ0v) is 14.8. The van der Waals surface area contributed by atoms with Gasteiger partial charge in [-0.15, -0.1) is 0 Å². The average Bonchev–Trinajstić information content (AvgIpc) is 2.78. The first-order valence-corrected chi connectivity index (χ1v) is 8.46. The number of rotatable bonds is 3. The summed E-state index contributed by atoms with van der Waals surface area (Å²) < 4.78 is 2.06. The molecule has 4 heteroatoms. The Morgan fingerprint density at radius 1 is 1.25 bits per heavy atom. The minimum Gasteiger partial charge on any atom is -0.347 e. The Morgan fingerprint density at radius 2 is 2.00 bits per heavy atom. The second-order valence-electron chi connectivity index (χ2n) is 6.76. The number of ketones is 1. The van der Waals surface area contributed by atoms with Gasteiger partial charge in [0.25, 0.3) is 5.91 Å². The summed E-state index contributed by atoms with van der Waals surface area (Å²) in [5, 5.41) is 4.09. The van der Waals surface area contributed by atoms with Crippen molar-refractivity contribution in [3.63, 3.8) is 0 Å². The number of amides is 1. The largest absolute Gasteiger partial charge is 0.347 e. The van der Waals surface area contributed by atoms with Gasteiger partial charge < -0.3 is 9.88 Å². The quantitative estimate of drug-likeness (QED) is 0.938. The smallest absolute Gasteiger partial charge is 0.254 e. The van der Waals surface area contributed by atoms with E-state index in [2.05, 4.69) is 28.1 Å². The Balaban J connectivity index is 1.95. The fourth-order valence-electron chi connectivity index (χ4n) is 3.54. The van der Waals surface area contributed by atoms with Crippen molar-refractivity contribution in [2.45, 2.75) is 46.1 Å². The monoisotopic (exact) mass is 324 g/mol. The van der Waals surface area contributed by atoms with Crippen molar-refractivity contribution in [3.8, 4) is 0 Å². The van der Waals surface area contributed by atoms with Gasteiger partial charge in [-0.3, -0.25) is 9.59 Å². The molecular weight excluding hydrogens is 300 g/mol. The first-order valence-electron chi connectivity index (χ1n) is 8.46. The van der Waals surface area contributed by atoms with Crippen molar-refractivity contribution < 1.29 is 9.59 Å². The summed E-state index contributed by atoms with van der Waals surface area (Å²) in [6.07, 6.45) is 4.55. The Morgan fingerprint density at radius 3 is 2.71 bits per heavy atom. The second kappa shape index (κ2) is 6.27. The molecule has 1 aromatic heterocycles. The fourth-order valence-corrected chi connectivity index (χ4v) is 3.54. The number of carbonyl (C=O) groups excluding carboxylic acids is 2. The van der Waals surface area contributed by atoms with Gasteiger partial charge in [-0.2, -0.15) is 0 Å². The van der Waals surface area contributed by atoms with Crippen LogP contribution < -0.4 is 5.32 Å². The standard InChI is InChI=1S/C20H24N2O2/c1-12-8-9-18-17(10-12)19(13(2)22(18)4)20(24)21-16-7-5-6-15(11-16)14(3)23/h8-11,16H,5-7H2,1-4H3,(H,21,24). The number of aromatic nitrogens is 1. The van der Waals surface area contributed by atoms with Crippen molar-refractivity contribution in [1.82, 2.24) is 9.88 Å². The molecule has 1 aromatic carbocycles. The number of carbonyl (C=O) groups is 2. The minimum atomic E-state index is -0.0652. The first kappa shape index (κ1) is 16.5.